The van der Waals surface area contributed by atoms with Gasteiger partial charge < -0.3 is 19.9 Å². The zero-order chi connectivity index (χ0) is 24.4. The molecule has 0 aliphatic carbocycles. The maximum Gasteiger partial charge on any atom is 0.237 e. The largest absolute Gasteiger partial charge is 0.378 e. The van der Waals surface area contributed by atoms with E-state index in [1.807, 2.05) is 54.0 Å². The van der Waals surface area contributed by atoms with Crippen LogP contribution < -0.4 is 15.1 Å². The average Bonchev–Trinajstić information content (AvgIpc) is 3.22. The van der Waals surface area contributed by atoms with Crippen molar-refractivity contribution in [1.82, 2.24) is 14.8 Å². The molecule has 0 unspecified atom stereocenters. The topological polar surface area (TPSA) is 92.6 Å². The number of anilines is 3. The molecule has 2 aliphatic heterocycles. The summed E-state index contributed by atoms with van der Waals surface area (Å²) in [5, 5.41) is 12.5. The highest BCUT2D eigenvalue weighted by molar-refractivity contribution is 7.99. The summed E-state index contributed by atoms with van der Waals surface area (Å²) in [6.07, 6.45) is 0.242. The van der Waals surface area contributed by atoms with Crippen molar-refractivity contribution >= 4 is 40.9 Å². The van der Waals surface area contributed by atoms with Gasteiger partial charge in [-0.25, -0.2) is 0 Å². The lowest BCUT2D eigenvalue weighted by Gasteiger charge is -2.28. The van der Waals surface area contributed by atoms with Crippen LogP contribution in [0.15, 0.2) is 53.7 Å². The van der Waals surface area contributed by atoms with E-state index in [0.29, 0.717) is 29.7 Å². The Hall–Kier alpha value is -3.37. The fourth-order valence-corrected chi connectivity index (χ4v) is 5.31. The molecule has 10 heteroatoms. The molecule has 1 N–H and O–H groups in total. The molecule has 3 aromatic rings. The number of nitrogens with zero attached hydrogens (tertiary/aromatic N) is 5. The van der Waals surface area contributed by atoms with Crippen LogP contribution in [0.4, 0.5) is 17.3 Å². The van der Waals surface area contributed by atoms with Crippen molar-refractivity contribution in [3.63, 3.8) is 0 Å². The van der Waals surface area contributed by atoms with Crippen LogP contribution in [0.5, 0.6) is 0 Å². The molecule has 1 fully saturated rings. The van der Waals surface area contributed by atoms with E-state index in [1.165, 1.54) is 11.8 Å². The Kier molecular flexibility index (Phi) is 6.74. The Balaban J connectivity index is 1.44. The number of aromatic nitrogens is 3. The fourth-order valence-electron chi connectivity index (χ4n) is 4.51. The summed E-state index contributed by atoms with van der Waals surface area (Å²) in [5.41, 5.74) is 3.44. The minimum absolute atomic E-state index is 0.0845. The number of fused-ring (bicyclic) bond motifs is 1. The van der Waals surface area contributed by atoms with E-state index in [2.05, 4.69) is 33.4 Å². The molecule has 2 amide bonds. The zero-order valence-corrected chi connectivity index (χ0v) is 20.6. The number of nitrogens with one attached hydrogen (secondary N) is 1. The lowest BCUT2D eigenvalue weighted by atomic mass is 10.2. The third kappa shape index (κ3) is 4.76. The van der Waals surface area contributed by atoms with Gasteiger partial charge in [0, 0.05) is 25.6 Å². The van der Waals surface area contributed by atoms with Crippen molar-refractivity contribution in [1.29, 1.82) is 0 Å². The molecule has 182 valence electrons. The summed E-state index contributed by atoms with van der Waals surface area (Å²) < 4.78 is 7.55. The van der Waals surface area contributed by atoms with Gasteiger partial charge in [0.2, 0.25) is 17.8 Å². The number of hydrogen-bond acceptors (Lipinski definition) is 7. The normalized spacial score (nSPS) is 18.1. The number of thioether (sulfide) groups is 1. The van der Waals surface area contributed by atoms with Gasteiger partial charge in [0.05, 0.1) is 36.0 Å². The van der Waals surface area contributed by atoms with Gasteiger partial charge in [0.25, 0.3) is 0 Å². The molecule has 1 atom stereocenters. The number of rotatable bonds is 5. The standard InChI is InChI=1S/C25H28N6O3S/c1-17-7-3-5-9-20(17)31-24(29-11-13-34-14-12-29)27-28-25(31)35-16-23(33)30-18(2)15-22(32)26-19-8-4-6-10-21(19)30/h3-10,18H,11-16H2,1-2H3,(H,26,32)/t18-/m1/s1. The van der Waals surface area contributed by atoms with Crippen LogP contribution in [0.1, 0.15) is 18.9 Å². The van der Waals surface area contributed by atoms with Crippen LogP contribution in [-0.4, -0.2) is 64.7 Å². The number of benzene rings is 2. The molecular formula is C25H28N6O3S. The minimum Gasteiger partial charge on any atom is -0.378 e. The van der Waals surface area contributed by atoms with Crippen molar-refractivity contribution in [3.05, 3.63) is 54.1 Å². The van der Waals surface area contributed by atoms with E-state index in [4.69, 9.17) is 4.74 Å². The third-order valence-corrected chi connectivity index (χ3v) is 7.13. The summed E-state index contributed by atoms with van der Waals surface area (Å²) >= 11 is 1.36. The Morgan fingerprint density at radius 2 is 1.80 bits per heavy atom. The van der Waals surface area contributed by atoms with Gasteiger partial charge in [-0.1, -0.05) is 42.1 Å². The molecule has 2 aromatic carbocycles. The van der Waals surface area contributed by atoms with Crippen molar-refractivity contribution in [3.8, 4) is 5.69 Å². The van der Waals surface area contributed by atoms with Gasteiger partial charge in [-0.3, -0.25) is 14.2 Å². The van der Waals surface area contributed by atoms with Crippen LogP contribution in [0.2, 0.25) is 0 Å². The van der Waals surface area contributed by atoms with Gasteiger partial charge in [0.15, 0.2) is 5.16 Å². The average molecular weight is 493 g/mol. The van der Waals surface area contributed by atoms with E-state index in [0.717, 1.165) is 30.3 Å². The number of carbonyl (C=O) groups excluding carboxylic acids is 2. The molecule has 2 aliphatic rings. The monoisotopic (exact) mass is 492 g/mol. The second-order valence-electron chi connectivity index (χ2n) is 8.67. The molecule has 0 bridgehead atoms. The van der Waals surface area contributed by atoms with Crippen molar-refractivity contribution < 1.29 is 14.3 Å². The highest BCUT2D eigenvalue weighted by Crippen LogP contribution is 2.33. The first kappa shape index (κ1) is 23.4. The van der Waals surface area contributed by atoms with E-state index < -0.39 is 0 Å². The quantitative estimate of drug-likeness (QED) is 0.547. The number of amides is 2. The highest BCUT2D eigenvalue weighted by Gasteiger charge is 2.30. The molecule has 3 heterocycles. The van der Waals surface area contributed by atoms with Crippen LogP contribution in [-0.2, 0) is 14.3 Å². The van der Waals surface area contributed by atoms with Gasteiger partial charge in [-0.05, 0) is 37.6 Å². The van der Waals surface area contributed by atoms with Gasteiger partial charge in [0.1, 0.15) is 0 Å². The predicted octanol–water partition coefficient (Wildman–Crippen LogP) is 3.27. The van der Waals surface area contributed by atoms with Gasteiger partial charge in [-0.15, -0.1) is 10.2 Å². The predicted molar refractivity (Wildman–Crippen MR) is 136 cm³/mol. The smallest absolute Gasteiger partial charge is 0.237 e. The first-order valence-electron chi connectivity index (χ1n) is 11.7. The van der Waals surface area contributed by atoms with Crippen molar-refractivity contribution in [2.24, 2.45) is 0 Å². The Morgan fingerprint density at radius 3 is 2.57 bits per heavy atom. The van der Waals surface area contributed by atoms with E-state index >= 15 is 0 Å². The number of hydrogen-bond donors (Lipinski definition) is 1. The Morgan fingerprint density at radius 1 is 1.09 bits per heavy atom. The van der Waals surface area contributed by atoms with Crippen LogP contribution in [0.25, 0.3) is 5.69 Å². The first-order chi connectivity index (χ1) is 17.0. The Labute approximate surface area is 208 Å². The summed E-state index contributed by atoms with van der Waals surface area (Å²) in [5.74, 6) is 0.738. The second kappa shape index (κ2) is 10.1. The summed E-state index contributed by atoms with van der Waals surface area (Å²) in [4.78, 5) is 29.7. The minimum atomic E-state index is -0.259. The van der Waals surface area contributed by atoms with Crippen LogP contribution in [0.3, 0.4) is 0 Å². The first-order valence-corrected chi connectivity index (χ1v) is 12.7. The summed E-state index contributed by atoms with van der Waals surface area (Å²) in [7, 11) is 0. The molecule has 5 rings (SSSR count). The van der Waals surface area contributed by atoms with Gasteiger partial charge >= 0.3 is 0 Å². The summed E-state index contributed by atoms with van der Waals surface area (Å²) in [6.45, 7) is 6.70. The third-order valence-electron chi connectivity index (χ3n) is 6.22. The van der Waals surface area contributed by atoms with Crippen molar-refractivity contribution in [2.45, 2.75) is 31.5 Å². The Bertz CT molecular complexity index is 1240. The molecule has 0 saturated carbocycles. The number of aryl methyl sites for hydroxylation is 1. The van der Waals surface area contributed by atoms with Crippen LogP contribution in [0, 0.1) is 6.92 Å². The lowest BCUT2D eigenvalue weighted by Crippen LogP contribution is -2.40. The molecule has 0 spiro atoms. The maximum atomic E-state index is 13.5. The molecule has 9 nitrogen and oxygen atoms in total. The molecular weight excluding hydrogens is 464 g/mol. The maximum absolute atomic E-state index is 13.5. The number of morpholine rings is 1. The molecule has 35 heavy (non-hydrogen) atoms. The highest BCUT2D eigenvalue weighted by atomic mass is 32.2. The van der Waals surface area contributed by atoms with E-state index in [9.17, 15) is 9.59 Å². The lowest BCUT2D eigenvalue weighted by molar-refractivity contribution is -0.117. The molecule has 1 saturated heterocycles. The fraction of sp³-hybridized carbons (Fsp3) is 0.360. The number of ether oxygens (including phenoxy) is 1. The second-order valence-corrected chi connectivity index (χ2v) is 9.62. The molecule has 0 radical (unpaired) electrons. The van der Waals surface area contributed by atoms with E-state index in [-0.39, 0.29) is 30.0 Å². The zero-order valence-electron chi connectivity index (χ0n) is 19.8. The van der Waals surface area contributed by atoms with E-state index in [1.54, 1.807) is 4.90 Å². The van der Waals surface area contributed by atoms with Crippen LogP contribution >= 0.6 is 11.8 Å². The van der Waals surface area contributed by atoms with Crippen molar-refractivity contribution in [2.75, 3.05) is 47.2 Å². The van der Waals surface area contributed by atoms with Gasteiger partial charge in [-0.2, -0.15) is 0 Å². The molecule has 1 aromatic heterocycles. The SMILES string of the molecule is Cc1ccccc1-n1c(SCC(=O)N2c3ccccc3NC(=O)C[C@H]2C)nnc1N1CCOCC1. The number of para-hydroxylation sites is 3. The summed E-state index contributed by atoms with van der Waals surface area (Å²) in [6, 6.07) is 15.2. The number of carbonyl (C=O) groups is 2.